The van der Waals surface area contributed by atoms with Gasteiger partial charge >= 0.3 is 6.18 Å². The highest BCUT2D eigenvalue weighted by Crippen LogP contribution is 2.40. The lowest BCUT2D eigenvalue weighted by Gasteiger charge is -2.19. The van der Waals surface area contributed by atoms with E-state index in [1.54, 1.807) is 0 Å². The second-order valence-corrected chi connectivity index (χ2v) is 6.87. The Kier molecular flexibility index (Phi) is 2.84. The first-order chi connectivity index (χ1) is 8.44. The van der Waals surface area contributed by atoms with Gasteiger partial charge < -0.3 is 5.73 Å². The zero-order chi connectivity index (χ0) is 14.6. The van der Waals surface area contributed by atoms with E-state index in [0.29, 0.717) is 6.07 Å². The summed E-state index contributed by atoms with van der Waals surface area (Å²) >= 11 is 0. The molecule has 104 valence electrons. The van der Waals surface area contributed by atoms with Crippen molar-refractivity contribution < 1.29 is 21.6 Å². The van der Waals surface area contributed by atoms with Gasteiger partial charge in [0.1, 0.15) is 0 Å². The molecule has 0 atom stereocenters. The van der Waals surface area contributed by atoms with Crippen LogP contribution in [0.25, 0.3) is 6.08 Å². The summed E-state index contributed by atoms with van der Waals surface area (Å²) in [6.07, 6.45) is -3.25. The zero-order valence-corrected chi connectivity index (χ0v) is 11.1. The number of hydrogen-bond acceptors (Lipinski definition) is 3. The molecule has 0 unspecified atom stereocenters. The minimum atomic E-state index is -4.58. The first-order valence-corrected chi connectivity index (χ1v) is 6.90. The number of rotatable bonds is 1. The molecular weight excluding hydrogens is 279 g/mol. The van der Waals surface area contributed by atoms with E-state index in [1.807, 2.05) is 0 Å². The fourth-order valence-electron chi connectivity index (χ4n) is 1.93. The maximum Gasteiger partial charge on any atom is 0.416 e. The van der Waals surface area contributed by atoms with Crippen LogP contribution in [0.4, 0.5) is 13.2 Å². The van der Waals surface area contributed by atoms with Crippen LogP contribution in [0.3, 0.4) is 0 Å². The topological polar surface area (TPSA) is 60.2 Å². The van der Waals surface area contributed by atoms with Crippen molar-refractivity contribution >= 4 is 15.9 Å². The highest BCUT2D eigenvalue weighted by Gasteiger charge is 2.39. The smallest absolute Gasteiger partial charge is 0.321 e. The molecular formula is C12H12F3NO2S. The van der Waals surface area contributed by atoms with Crippen LogP contribution in [0.1, 0.15) is 25.0 Å². The molecule has 1 aliphatic heterocycles. The number of alkyl halides is 3. The lowest BCUT2D eigenvalue weighted by molar-refractivity contribution is -0.137. The van der Waals surface area contributed by atoms with E-state index in [-0.39, 0.29) is 15.4 Å². The van der Waals surface area contributed by atoms with E-state index in [1.165, 1.54) is 19.9 Å². The number of fused-ring (bicyclic) bond motifs is 1. The Morgan fingerprint density at radius 1 is 1.16 bits per heavy atom. The molecule has 19 heavy (non-hydrogen) atoms. The van der Waals surface area contributed by atoms with E-state index in [4.69, 9.17) is 5.73 Å². The summed E-state index contributed by atoms with van der Waals surface area (Å²) in [6, 6.07) is 2.66. The summed E-state index contributed by atoms with van der Waals surface area (Å²) in [6.45, 7) is 2.99. The molecule has 0 fully saturated rings. The second-order valence-electron chi connectivity index (χ2n) is 4.98. The van der Waals surface area contributed by atoms with E-state index in [0.717, 1.165) is 12.1 Å². The summed E-state index contributed by atoms with van der Waals surface area (Å²) in [5, 5.41) is 0. The van der Waals surface area contributed by atoms with Gasteiger partial charge in [0.15, 0.2) is 0 Å². The average Bonchev–Trinajstić information content (AvgIpc) is 2.48. The number of benzene rings is 1. The molecule has 0 aromatic heterocycles. The highest BCUT2D eigenvalue weighted by atomic mass is 32.2. The number of sulfone groups is 1. The lowest BCUT2D eigenvalue weighted by Crippen LogP contribution is -2.36. The van der Waals surface area contributed by atoms with E-state index in [9.17, 15) is 21.6 Å². The Balaban J connectivity index is 2.64. The third-order valence-corrected chi connectivity index (χ3v) is 5.00. The summed E-state index contributed by atoms with van der Waals surface area (Å²) < 4.78 is 62.2. The molecule has 7 heteroatoms. The number of halogens is 3. The van der Waals surface area contributed by atoms with Crippen molar-refractivity contribution in [2.75, 3.05) is 0 Å². The van der Waals surface area contributed by atoms with Gasteiger partial charge in [0.05, 0.1) is 15.4 Å². The molecule has 1 aromatic carbocycles. The first-order valence-electron chi connectivity index (χ1n) is 5.41. The van der Waals surface area contributed by atoms with Gasteiger partial charge in [0.25, 0.3) is 0 Å². The van der Waals surface area contributed by atoms with Crippen molar-refractivity contribution in [1.82, 2.24) is 0 Å². The van der Waals surface area contributed by atoms with Gasteiger partial charge in [-0.3, -0.25) is 0 Å². The Labute approximate surface area is 108 Å². The summed E-state index contributed by atoms with van der Waals surface area (Å²) in [5.74, 6) is 0. The Bertz CT molecular complexity index is 667. The third-order valence-electron chi connectivity index (χ3n) is 2.84. The molecule has 2 rings (SSSR count). The molecule has 0 aliphatic carbocycles. The molecule has 0 saturated carbocycles. The normalized spacial score (nSPS) is 18.1. The minimum absolute atomic E-state index is 0.0747. The van der Waals surface area contributed by atoms with Gasteiger partial charge in [-0.15, -0.1) is 0 Å². The standard InChI is InChI=1S/C12H12F3NO2S/c1-11(2,16)10-5-7-3-4-8(12(13,14)15)6-9(7)19(10,17)18/h3-6H,16H2,1-2H3. The molecule has 3 nitrogen and oxygen atoms in total. The van der Waals surface area contributed by atoms with Gasteiger partial charge in [-0.2, -0.15) is 13.2 Å². The van der Waals surface area contributed by atoms with Gasteiger partial charge in [-0.25, -0.2) is 8.42 Å². The fourth-order valence-corrected chi connectivity index (χ4v) is 3.86. The van der Waals surface area contributed by atoms with Crippen LogP contribution in [0.5, 0.6) is 0 Å². The van der Waals surface area contributed by atoms with Crippen molar-refractivity contribution in [2.45, 2.75) is 30.5 Å². The van der Waals surface area contributed by atoms with Gasteiger partial charge in [-0.1, -0.05) is 6.07 Å². The molecule has 0 saturated heterocycles. The van der Waals surface area contributed by atoms with Crippen molar-refractivity contribution in [3.05, 3.63) is 34.2 Å². The molecule has 1 aromatic rings. The summed E-state index contributed by atoms with van der Waals surface area (Å²) in [4.78, 5) is -0.412. The maximum absolute atomic E-state index is 12.6. The van der Waals surface area contributed by atoms with E-state index >= 15 is 0 Å². The van der Waals surface area contributed by atoms with Gasteiger partial charge in [0.2, 0.25) is 9.84 Å². The monoisotopic (exact) mass is 291 g/mol. The summed E-state index contributed by atoms with van der Waals surface area (Å²) in [7, 11) is -3.95. The quantitative estimate of drug-likeness (QED) is 0.865. The Morgan fingerprint density at radius 3 is 2.21 bits per heavy atom. The molecule has 0 amide bonds. The molecule has 2 N–H and O–H groups in total. The summed E-state index contributed by atoms with van der Waals surface area (Å²) in [5.41, 5.74) is 3.86. The molecule has 1 heterocycles. The Hall–Kier alpha value is -1.34. The van der Waals surface area contributed by atoms with Crippen LogP contribution >= 0.6 is 0 Å². The number of nitrogens with two attached hydrogens (primary N) is 1. The predicted molar refractivity (Wildman–Crippen MR) is 64.9 cm³/mol. The molecule has 0 spiro atoms. The third kappa shape index (κ3) is 2.28. The van der Waals surface area contributed by atoms with E-state index < -0.39 is 27.1 Å². The zero-order valence-electron chi connectivity index (χ0n) is 10.2. The maximum atomic E-state index is 12.6. The fraction of sp³-hybridized carbons (Fsp3) is 0.333. The predicted octanol–water partition coefficient (Wildman–Crippen LogP) is 2.57. The van der Waals surface area contributed by atoms with Crippen LogP contribution in [0.15, 0.2) is 28.0 Å². The first kappa shape index (κ1) is 14.1. The Morgan fingerprint density at radius 2 is 1.74 bits per heavy atom. The van der Waals surface area contributed by atoms with Gasteiger partial charge in [-0.05, 0) is 37.6 Å². The molecule has 0 bridgehead atoms. The number of hydrogen-bond donors (Lipinski definition) is 1. The molecule has 0 radical (unpaired) electrons. The van der Waals surface area contributed by atoms with Crippen molar-refractivity contribution in [2.24, 2.45) is 5.73 Å². The van der Waals surface area contributed by atoms with Crippen molar-refractivity contribution in [1.29, 1.82) is 0 Å². The SMILES string of the molecule is CC(C)(N)C1=Cc2ccc(C(F)(F)F)cc2S1(=O)=O. The minimum Gasteiger partial charge on any atom is -0.321 e. The van der Waals surface area contributed by atoms with Crippen LogP contribution in [-0.4, -0.2) is 14.0 Å². The van der Waals surface area contributed by atoms with Gasteiger partial charge in [0, 0.05) is 5.54 Å². The lowest BCUT2D eigenvalue weighted by atomic mass is 10.0. The van der Waals surface area contributed by atoms with Crippen molar-refractivity contribution in [3.8, 4) is 0 Å². The van der Waals surface area contributed by atoms with Crippen LogP contribution in [0.2, 0.25) is 0 Å². The van der Waals surface area contributed by atoms with Crippen LogP contribution in [-0.2, 0) is 16.0 Å². The molecule has 1 aliphatic rings. The second kappa shape index (κ2) is 3.83. The highest BCUT2D eigenvalue weighted by molar-refractivity contribution is 7.96. The van der Waals surface area contributed by atoms with Crippen LogP contribution in [0, 0.1) is 0 Å². The average molecular weight is 291 g/mol. The van der Waals surface area contributed by atoms with E-state index in [2.05, 4.69) is 0 Å². The van der Waals surface area contributed by atoms with Crippen LogP contribution < -0.4 is 5.73 Å². The largest absolute Gasteiger partial charge is 0.416 e. The van der Waals surface area contributed by atoms with Crippen molar-refractivity contribution in [3.63, 3.8) is 0 Å².